The van der Waals surface area contributed by atoms with E-state index in [9.17, 15) is 4.79 Å². The monoisotopic (exact) mass is 304 g/mol. The number of benzene rings is 1. The van der Waals surface area contributed by atoms with Crippen LogP contribution in [-0.4, -0.2) is 11.5 Å². The smallest absolute Gasteiger partial charge is 0.223 e. The molecular weight excluding hydrogens is 276 g/mol. The van der Waals surface area contributed by atoms with Crippen LogP contribution in [0.4, 0.5) is 0 Å². The molecule has 2 rings (SSSR count). The molecule has 0 saturated carbocycles. The third-order valence-electron chi connectivity index (χ3n) is 4.52. The first kappa shape index (κ1) is 16.8. The lowest BCUT2D eigenvalue weighted by Crippen LogP contribution is -2.43. The number of carbonyl (C=O) groups is 1. The average Bonchev–Trinajstić information content (AvgIpc) is 2.46. The van der Waals surface area contributed by atoms with Gasteiger partial charge in [0.05, 0.1) is 6.04 Å². The molecular formula is C18H28N2O2. The highest BCUT2D eigenvalue weighted by molar-refractivity contribution is 5.78. The van der Waals surface area contributed by atoms with Gasteiger partial charge in [-0.1, -0.05) is 26.8 Å². The van der Waals surface area contributed by atoms with Crippen LogP contribution < -0.4 is 15.8 Å². The number of hydrogen-bond acceptors (Lipinski definition) is 3. The summed E-state index contributed by atoms with van der Waals surface area (Å²) in [6.45, 7) is 10.00. The van der Waals surface area contributed by atoms with Crippen molar-refractivity contribution in [2.75, 3.05) is 0 Å². The molecule has 1 aromatic rings. The van der Waals surface area contributed by atoms with Gasteiger partial charge in [-0.05, 0) is 38.0 Å². The standard InChI is InChI=1S/C18H28N2O2/c1-6-18(5)10-15(20-17(21)11(2)3)14-9-13(12(4)19)7-8-16(14)22-18/h7-9,11-12,15H,6,10,19H2,1-5H3,(H,20,21). The van der Waals surface area contributed by atoms with Gasteiger partial charge in [0.1, 0.15) is 11.4 Å². The Morgan fingerprint density at radius 3 is 2.68 bits per heavy atom. The van der Waals surface area contributed by atoms with E-state index in [0.717, 1.165) is 29.7 Å². The van der Waals surface area contributed by atoms with Crippen molar-refractivity contribution in [3.8, 4) is 5.75 Å². The minimum absolute atomic E-state index is 0.0256. The number of ether oxygens (including phenoxy) is 1. The molecule has 0 bridgehead atoms. The molecule has 0 aromatic heterocycles. The Kier molecular flexibility index (Phi) is 4.81. The Hall–Kier alpha value is -1.55. The van der Waals surface area contributed by atoms with Crippen LogP contribution in [-0.2, 0) is 4.79 Å². The fourth-order valence-electron chi connectivity index (χ4n) is 2.75. The lowest BCUT2D eigenvalue weighted by Gasteiger charge is -2.40. The Morgan fingerprint density at radius 2 is 2.14 bits per heavy atom. The first-order valence-corrected chi connectivity index (χ1v) is 8.14. The molecule has 0 aliphatic carbocycles. The maximum atomic E-state index is 12.2. The average molecular weight is 304 g/mol. The highest BCUT2D eigenvalue weighted by atomic mass is 16.5. The first-order valence-electron chi connectivity index (χ1n) is 8.14. The first-order chi connectivity index (χ1) is 10.3. The summed E-state index contributed by atoms with van der Waals surface area (Å²) < 4.78 is 6.18. The second kappa shape index (κ2) is 6.29. The van der Waals surface area contributed by atoms with Gasteiger partial charge in [-0.2, -0.15) is 0 Å². The van der Waals surface area contributed by atoms with Gasteiger partial charge in [-0.3, -0.25) is 4.79 Å². The topological polar surface area (TPSA) is 64.4 Å². The Balaban J connectivity index is 2.39. The SMILES string of the molecule is CCC1(C)CC(NC(=O)C(C)C)c2cc(C(C)N)ccc2O1. The molecule has 1 heterocycles. The predicted octanol–water partition coefficient (Wildman–Crippen LogP) is 3.47. The summed E-state index contributed by atoms with van der Waals surface area (Å²) in [5.41, 5.74) is 7.84. The number of nitrogens with two attached hydrogens (primary N) is 1. The molecule has 1 aromatic carbocycles. The van der Waals surface area contributed by atoms with Crippen LogP contribution in [0.1, 0.15) is 70.7 Å². The molecule has 4 heteroatoms. The van der Waals surface area contributed by atoms with E-state index in [4.69, 9.17) is 10.5 Å². The molecule has 0 radical (unpaired) electrons. The van der Waals surface area contributed by atoms with Crippen LogP contribution in [0.25, 0.3) is 0 Å². The third kappa shape index (κ3) is 3.43. The van der Waals surface area contributed by atoms with E-state index in [1.807, 2.05) is 32.9 Å². The number of rotatable bonds is 4. The largest absolute Gasteiger partial charge is 0.487 e. The fourth-order valence-corrected chi connectivity index (χ4v) is 2.75. The summed E-state index contributed by atoms with van der Waals surface area (Å²) in [6.07, 6.45) is 1.67. The summed E-state index contributed by atoms with van der Waals surface area (Å²) in [5, 5.41) is 3.17. The molecule has 1 amide bonds. The van der Waals surface area contributed by atoms with Gasteiger partial charge in [-0.15, -0.1) is 0 Å². The number of nitrogens with one attached hydrogen (secondary N) is 1. The molecule has 1 aliphatic heterocycles. The molecule has 122 valence electrons. The zero-order chi connectivity index (χ0) is 16.5. The van der Waals surface area contributed by atoms with Crippen molar-refractivity contribution in [3.05, 3.63) is 29.3 Å². The summed E-state index contributed by atoms with van der Waals surface area (Å²) in [7, 11) is 0. The van der Waals surface area contributed by atoms with Crippen LogP contribution in [0.2, 0.25) is 0 Å². The predicted molar refractivity (Wildman–Crippen MR) is 88.7 cm³/mol. The van der Waals surface area contributed by atoms with Crippen LogP contribution in [0.5, 0.6) is 5.75 Å². The van der Waals surface area contributed by atoms with Crippen LogP contribution in [0.15, 0.2) is 18.2 Å². The van der Waals surface area contributed by atoms with E-state index in [1.54, 1.807) is 0 Å². The Labute approximate surface area is 133 Å². The molecule has 3 N–H and O–H groups in total. The molecule has 0 fully saturated rings. The van der Waals surface area contributed by atoms with Gasteiger partial charge in [-0.25, -0.2) is 0 Å². The number of fused-ring (bicyclic) bond motifs is 1. The fraction of sp³-hybridized carbons (Fsp3) is 0.611. The van der Waals surface area contributed by atoms with E-state index in [-0.39, 0.29) is 29.5 Å². The van der Waals surface area contributed by atoms with Gasteiger partial charge in [0, 0.05) is 23.9 Å². The molecule has 1 aliphatic rings. The number of carbonyl (C=O) groups excluding carboxylic acids is 1. The van der Waals surface area contributed by atoms with Crippen LogP contribution in [0, 0.1) is 5.92 Å². The maximum Gasteiger partial charge on any atom is 0.223 e. The van der Waals surface area contributed by atoms with Crippen molar-refractivity contribution in [1.82, 2.24) is 5.32 Å². The minimum Gasteiger partial charge on any atom is -0.487 e. The van der Waals surface area contributed by atoms with Crippen molar-refractivity contribution in [2.45, 2.75) is 65.1 Å². The Bertz CT molecular complexity index is 554. The van der Waals surface area contributed by atoms with E-state index in [1.165, 1.54) is 0 Å². The number of hydrogen-bond donors (Lipinski definition) is 2. The van der Waals surface area contributed by atoms with E-state index in [0.29, 0.717) is 0 Å². The van der Waals surface area contributed by atoms with Gasteiger partial charge < -0.3 is 15.8 Å². The summed E-state index contributed by atoms with van der Waals surface area (Å²) in [6, 6.07) is 6.00. The van der Waals surface area contributed by atoms with Gasteiger partial charge in [0.2, 0.25) is 5.91 Å². The highest BCUT2D eigenvalue weighted by Crippen LogP contribution is 2.42. The zero-order valence-electron chi connectivity index (χ0n) is 14.3. The lowest BCUT2D eigenvalue weighted by atomic mass is 9.85. The molecule has 0 spiro atoms. The molecule has 3 atom stereocenters. The molecule has 22 heavy (non-hydrogen) atoms. The van der Waals surface area contributed by atoms with Crippen molar-refractivity contribution in [3.63, 3.8) is 0 Å². The lowest BCUT2D eigenvalue weighted by molar-refractivity contribution is -0.125. The van der Waals surface area contributed by atoms with Crippen LogP contribution in [0.3, 0.4) is 0 Å². The summed E-state index contributed by atoms with van der Waals surface area (Å²) in [4.78, 5) is 12.2. The summed E-state index contributed by atoms with van der Waals surface area (Å²) >= 11 is 0. The molecule has 4 nitrogen and oxygen atoms in total. The Morgan fingerprint density at radius 1 is 1.45 bits per heavy atom. The van der Waals surface area contributed by atoms with Crippen molar-refractivity contribution in [2.24, 2.45) is 11.7 Å². The van der Waals surface area contributed by atoms with Crippen molar-refractivity contribution < 1.29 is 9.53 Å². The second-order valence-electron chi connectivity index (χ2n) is 6.91. The maximum absolute atomic E-state index is 12.2. The normalized spacial score (nSPS) is 25.3. The van der Waals surface area contributed by atoms with E-state index in [2.05, 4.69) is 25.2 Å². The van der Waals surface area contributed by atoms with E-state index < -0.39 is 0 Å². The second-order valence-corrected chi connectivity index (χ2v) is 6.91. The van der Waals surface area contributed by atoms with Gasteiger partial charge >= 0.3 is 0 Å². The summed E-state index contributed by atoms with van der Waals surface area (Å²) in [5.74, 6) is 0.896. The van der Waals surface area contributed by atoms with Crippen molar-refractivity contribution in [1.29, 1.82) is 0 Å². The minimum atomic E-state index is -0.252. The van der Waals surface area contributed by atoms with Gasteiger partial charge in [0.25, 0.3) is 0 Å². The van der Waals surface area contributed by atoms with Crippen LogP contribution >= 0.6 is 0 Å². The third-order valence-corrected chi connectivity index (χ3v) is 4.52. The van der Waals surface area contributed by atoms with Gasteiger partial charge in [0.15, 0.2) is 0 Å². The quantitative estimate of drug-likeness (QED) is 0.895. The number of amides is 1. The highest BCUT2D eigenvalue weighted by Gasteiger charge is 2.37. The van der Waals surface area contributed by atoms with Crippen molar-refractivity contribution >= 4 is 5.91 Å². The molecule has 0 saturated heterocycles. The molecule has 3 unspecified atom stereocenters. The van der Waals surface area contributed by atoms with E-state index >= 15 is 0 Å². The zero-order valence-corrected chi connectivity index (χ0v) is 14.3.